The predicted molar refractivity (Wildman–Crippen MR) is 78.0 cm³/mol. The van der Waals surface area contributed by atoms with Crippen molar-refractivity contribution in [2.24, 2.45) is 7.05 Å². The van der Waals surface area contributed by atoms with Crippen LogP contribution in [0.5, 0.6) is 0 Å². The molecule has 3 rings (SSSR count). The van der Waals surface area contributed by atoms with Crippen LogP contribution in [0.3, 0.4) is 0 Å². The van der Waals surface area contributed by atoms with Crippen molar-refractivity contribution in [3.8, 4) is 11.1 Å². The molecule has 0 aliphatic heterocycles. The van der Waals surface area contributed by atoms with Gasteiger partial charge in [0.25, 0.3) is 0 Å². The third-order valence-electron chi connectivity index (χ3n) is 3.90. The summed E-state index contributed by atoms with van der Waals surface area (Å²) in [6.45, 7) is 3.32. The zero-order valence-electron chi connectivity index (χ0n) is 11.7. The minimum absolute atomic E-state index is 0.554. The van der Waals surface area contributed by atoms with Crippen LogP contribution in [-0.2, 0) is 13.5 Å². The zero-order chi connectivity index (χ0) is 13.2. The minimum Gasteiger partial charge on any atom is -0.310 e. The second kappa shape index (κ2) is 5.17. The summed E-state index contributed by atoms with van der Waals surface area (Å²) < 4.78 is 1.86. The Bertz CT molecular complexity index is 571. The average Bonchev–Trinajstić information content (AvgIpc) is 3.02. The summed E-state index contributed by atoms with van der Waals surface area (Å²) in [6, 6.07) is 7.40. The Labute approximate surface area is 114 Å². The van der Waals surface area contributed by atoms with Crippen molar-refractivity contribution in [2.75, 3.05) is 6.54 Å². The van der Waals surface area contributed by atoms with Crippen molar-refractivity contribution >= 4 is 0 Å². The molecule has 3 nitrogen and oxygen atoms in total. The van der Waals surface area contributed by atoms with Gasteiger partial charge in [-0.05, 0) is 42.5 Å². The van der Waals surface area contributed by atoms with Gasteiger partial charge in [0.1, 0.15) is 0 Å². The van der Waals surface area contributed by atoms with E-state index in [0.717, 1.165) is 6.54 Å². The van der Waals surface area contributed by atoms with Gasteiger partial charge in [0.15, 0.2) is 0 Å². The topological polar surface area (TPSA) is 29.9 Å². The molecule has 0 saturated heterocycles. The number of rotatable bonds is 4. The number of fused-ring (bicyclic) bond motifs is 1. The maximum absolute atomic E-state index is 4.25. The summed E-state index contributed by atoms with van der Waals surface area (Å²) in [4.78, 5) is 0. The fraction of sp³-hybridized carbons (Fsp3) is 0.438. The maximum Gasteiger partial charge on any atom is 0.0568 e. The van der Waals surface area contributed by atoms with E-state index in [4.69, 9.17) is 0 Å². The van der Waals surface area contributed by atoms with Crippen molar-refractivity contribution in [3.63, 3.8) is 0 Å². The normalized spacial score (nSPS) is 17.7. The Hall–Kier alpha value is -1.61. The van der Waals surface area contributed by atoms with Gasteiger partial charge in [-0.1, -0.05) is 25.1 Å². The lowest BCUT2D eigenvalue weighted by Crippen LogP contribution is -2.19. The van der Waals surface area contributed by atoms with Gasteiger partial charge in [0.05, 0.1) is 6.20 Å². The first-order valence-electron chi connectivity index (χ1n) is 7.13. The molecule has 0 fully saturated rings. The summed E-state index contributed by atoms with van der Waals surface area (Å²) >= 11 is 0. The Kier molecular flexibility index (Phi) is 3.38. The molecule has 2 aromatic rings. The lowest BCUT2D eigenvalue weighted by molar-refractivity contribution is 0.529. The van der Waals surface area contributed by atoms with Crippen LogP contribution in [0.25, 0.3) is 11.1 Å². The summed E-state index contributed by atoms with van der Waals surface area (Å²) in [5.74, 6) is 0. The molecule has 1 aliphatic carbocycles. The van der Waals surface area contributed by atoms with Crippen molar-refractivity contribution in [1.29, 1.82) is 0 Å². The van der Waals surface area contributed by atoms with Gasteiger partial charge in [-0.3, -0.25) is 4.68 Å². The van der Waals surface area contributed by atoms with E-state index in [9.17, 15) is 0 Å². The van der Waals surface area contributed by atoms with E-state index in [0.29, 0.717) is 6.04 Å². The van der Waals surface area contributed by atoms with Crippen molar-refractivity contribution in [1.82, 2.24) is 15.1 Å². The van der Waals surface area contributed by atoms with E-state index in [1.807, 2.05) is 17.9 Å². The monoisotopic (exact) mass is 255 g/mol. The molecule has 0 radical (unpaired) electrons. The molecule has 1 aromatic carbocycles. The Morgan fingerprint density at radius 2 is 2.26 bits per heavy atom. The van der Waals surface area contributed by atoms with E-state index in [2.05, 4.69) is 41.7 Å². The highest BCUT2D eigenvalue weighted by atomic mass is 15.2. The molecule has 1 aromatic heterocycles. The zero-order valence-corrected chi connectivity index (χ0v) is 11.7. The van der Waals surface area contributed by atoms with Crippen LogP contribution < -0.4 is 5.32 Å². The number of benzene rings is 1. The number of hydrogen-bond acceptors (Lipinski definition) is 2. The molecule has 1 heterocycles. The Morgan fingerprint density at radius 1 is 1.37 bits per heavy atom. The van der Waals surface area contributed by atoms with Gasteiger partial charge in [-0.25, -0.2) is 0 Å². The second-order valence-corrected chi connectivity index (χ2v) is 5.36. The molecule has 3 heteroatoms. The van der Waals surface area contributed by atoms with Gasteiger partial charge in [-0.2, -0.15) is 5.10 Å². The molecule has 19 heavy (non-hydrogen) atoms. The van der Waals surface area contributed by atoms with E-state index in [1.165, 1.54) is 41.5 Å². The number of aromatic nitrogens is 2. The molecule has 100 valence electrons. The van der Waals surface area contributed by atoms with Gasteiger partial charge in [-0.15, -0.1) is 0 Å². The molecule has 0 saturated carbocycles. The van der Waals surface area contributed by atoms with Gasteiger partial charge in [0.2, 0.25) is 0 Å². The minimum atomic E-state index is 0.554. The van der Waals surface area contributed by atoms with E-state index >= 15 is 0 Å². The smallest absolute Gasteiger partial charge is 0.0568 e. The van der Waals surface area contributed by atoms with Crippen LogP contribution in [-0.4, -0.2) is 16.3 Å². The molecule has 0 amide bonds. The standard InChI is InChI=1S/C16H21N3/c1-3-8-17-16-7-5-13-9-12(4-6-15(13)16)14-10-18-19(2)11-14/h4,6,9-11,16-17H,3,5,7-8H2,1-2H3. The highest BCUT2D eigenvalue weighted by Gasteiger charge is 2.21. The summed E-state index contributed by atoms with van der Waals surface area (Å²) in [6.07, 6.45) is 7.61. The maximum atomic E-state index is 4.25. The number of nitrogens with one attached hydrogen (secondary N) is 1. The summed E-state index contributed by atoms with van der Waals surface area (Å²) in [5, 5.41) is 7.88. The van der Waals surface area contributed by atoms with Crippen LogP contribution in [0.2, 0.25) is 0 Å². The number of aryl methyl sites for hydroxylation is 2. The molecule has 0 spiro atoms. The highest BCUT2D eigenvalue weighted by Crippen LogP contribution is 2.34. The predicted octanol–water partition coefficient (Wildman–Crippen LogP) is 3.07. The Morgan fingerprint density at radius 3 is 3.00 bits per heavy atom. The lowest BCUT2D eigenvalue weighted by atomic mass is 10.0. The number of nitrogens with zero attached hydrogens (tertiary/aromatic N) is 2. The summed E-state index contributed by atoms with van der Waals surface area (Å²) in [5.41, 5.74) is 5.47. The van der Waals surface area contributed by atoms with Crippen molar-refractivity contribution < 1.29 is 0 Å². The van der Waals surface area contributed by atoms with Crippen LogP contribution in [0.1, 0.15) is 36.9 Å². The molecular weight excluding hydrogens is 234 g/mol. The van der Waals surface area contributed by atoms with Gasteiger partial charge in [0, 0.05) is 24.8 Å². The second-order valence-electron chi connectivity index (χ2n) is 5.36. The van der Waals surface area contributed by atoms with Gasteiger partial charge < -0.3 is 5.32 Å². The van der Waals surface area contributed by atoms with Gasteiger partial charge >= 0.3 is 0 Å². The highest BCUT2D eigenvalue weighted by molar-refractivity contribution is 5.64. The fourth-order valence-corrected chi connectivity index (χ4v) is 2.90. The first-order valence-corrected chi connectivity index (χ1v) is 7.13. The molecule has 1 aliphatic rings. The SMILES string of the molecule is CCCNC1CCc2cc(-c3cnn(C)c3)ccc21. The van der Waals surface area contributed by atoms with Crippen molar-refractivity contribution in [3.05, 3.63) is 41.7 Å². The van der Waals surface area contributed by atoms with Crippen LogP contribution in [0.15, 0.2) is 30.6 Å². The number of hydrogen-bond donors (Lipinski definition) is 1. The first-order chi connectivity index (χ1) is 9.28. The third kappa shape index (κ3) is 2.43. The van der Waals surface area contributed by atoms with Crippen LogP contribution in [0.4, 0.5) is 0 Å². The largest absolute Gasteiger partial charge is 0.310 e. The first kappa shape index (κ1) is 12.4. The van der Waals surface area contributed by atoms with Crippen LogP contribution >= 0.6 is 0 Å². The Balaban J connectivity index is 1.85. The molecular formula is C16H21N3. The molecule has 1 unspecified atom stereocenters. The average molecular weight is 255 g/mol. The molecule has 1 N–H and O–H groups in total. The fourth-order valence-electron chi connectivity index (χ4n) is 2.90. The van der Waals surface area contributed by atoms with E-state index in [-0.39, 0.29) is 0 Å². The summed E-state index contributed by atoms with van der Waals surface area (Å²) in [7, 11) is 1.96. The van der Waals surface area contributed by atoms with E-state index < -0.39 is 0 Å². The quantitative estimate of drug-likeness (QED) is 0.910. The molecule has 0 bridgehead atoms. The third-order valence-corrected chi connectivity index (χ3v) is 3.90. The lowest BCUT2D eigenvalue weighted by Gasteiger charge is -2.13. The van der Waals surface area contributed by atoms with Crippen molar-refractivity contribution in [2.45, 2.75) is 32.2 Å². The molecule has 1 atom stereocenters. The van der Waals surface area contributed by atoms with E-state index in [1.54, 1.807) is 0 Å². The van der Waals surface area contributed by atoms with Crippen LogP contribution in [0, 0.1) is 0 Å².